The fourth-order valence-electron chi connectivity index (χ4n) is 2.54. The van der Waals surface area contributed by atoms with Crippen LogP contribution in [0.1, 0.15) is 29.9 Å². The second kappa shape index (κ2) is 7.09. The van der Waals surface area contributed by atoms with Crippen LogP contribution < -0.4 is 10.1 Å². The Balaban J connectivity index is 2.30. The minimum absolute atomic E-state index is 0.226. The average Bonchev–Trinajstić information content (AvgIpc) is 2.79. The SMILES string of the molecule is CCNC(Cc1cc(OC)ccc1Br)c1cc(C)nn1C. The van der Waals surface area contributed by atoms with Gasteiger partial charge in [0.15, 0.2) is 0 Å². The molecule has 1 N–H and O–H groups in total. The maximum atomic E-state index is 5.33. The van der Waals surface area contributed by atoms with Crippen molar-refractivity contribution in [2.24, 2.45) is 7.05 Å². The number of aryl methyl sites for hydroxylation is 2. The summed E-state index contributed by atoms with van der Waals surface area (Å²) in [4.78, 5) is 0. The van der Waals surface area contributed by atoms with E-state index in [-0.39, 0.29) is 6.04 Å². The molecule has 0 aliphatic carbocycles. The first kappa shape index (κ1) is 16.0. The highest BCUT2D eigenvalue weighted by atomic mass is 79.9. The van der Waals surface area contributed by atoms with Gasteiger partial charge in [0, 0.05) is 11.5 Å². The van der Waals surface area contributed by atoms with Crippen molar-refractivity contribution in [2.45, 2.75) is 26.3 Å². The van der Waals surface area contributed by atoms with Gasteiger partial charge in [0.2, 0.25) is 0 Å². The number of hydrogen-bond donors (Lipinski definition) is 1. The van der Waals surface area contributed by atoms with Gasteiger partial charge in [-0.05, 0) is 49.7 Å². The second-order valence-corrected chi connectivity index (χ2v) is 5.96. The maximum Gasteiger partial charge on any atom is 0.119 e. The standard InChI is InChI=1S/C16H22BrN3O/c1-5-18-15(16-8-11(2)19-20(16)3)10-12-9-13(21-4)6-7-14(12)17/h6-9,15,18H,5,10H2,1-4H3. The van der Waals surface area contributed by atoms with Crippen LogP contribution in [0.2, 0.25) is 0 Å². The van der Waals surface area contributed by atoms with Crippen LogP contribution >= 0.6 is 15.9 Å². The third-order valence-corrected chi connectivity index (χ3v) is 4.30. The Kier molecular flexibility index (Phi) is 5.42. The summed E-state index contributed by atoms with van der Waals surface area (Å²) in [5.41, 5.74) is 3.46. The molecule has 5 heteroatoms. The van der Waals surface area contributed by atoms with E-state index in [2.05, 4.69) is 45.4 Å². The lowest BCUT2D eigenvalue weighted by Gasteiger charge is -2.19. The predicted octanol–water partition coefficient (Wildman–Crippen LogP) is 3.39. The normalized spacial score (nSPS) is 12.4. The zero-order valence-corrected chi connectivity index (χ0v) is 14.6. The molecule has 0 radical (unpaired) electrons. The van der Waals surface area contributed by atoms with Crippen LogP contribution in [0.25, 0.3) is 0 Å². The van der Waals surface area contributed by atoms with E-state index in [1.54, 1.807) is 7.11 Å². The Bertz CT molecular complexity index is 610. The van der Waals surface area contributed by atoms with Crippen molar-refractivity contribution < 1.29 is 4.74 Å². The lowest BCUT2D eigenvalue weighted by Crippen LogP contribution is -2.25. The van der Waals surface area contributed by atoms with E-state index in [9.17, 15) is 0 Å². The van der Waals surface area contributed by atoms with Gasteiger partial charge in [0.1, 0.15) is 5.75 Å². The van der Waals surface area contributed by atoms with E-state index in [0.29, 0.717) is 0 Å². The number of halogens is 1. The molecule has 1 unspecified atom stereocenters. The van der Waals surface area contributed by atoms with Crippen molar-refractivity contribution in [3.63, 3.8) is 0 Å². The van der Waals surface area contributed by atoms with Crippen LogP contribution in [0, 0.1) is 6.92 Å². The zero-order chi connectivity index (χ0) is 15.4. The van der Waals surface area contributed by atoms with Crippen molar-refractivity contribution >= 4 is 15.9 Å². The first-order chi connectivity index (χ1) is 10.0. The number of aromatic nitrogens is 2. The van der Waals surface area contributed by atoms with Crippen LogP contribution in [0.15, 0.2) is 28.7 Å². The molecule has 0 bridgehead atoms. The molecule has 4 nitrogen and oxygen atoms in total. The number of ether oxygens (including phenoxy) is 1. The van der Waals surface area contributed by atoms with Crippen LogP contribution in [0.5, 0.6) is 5.75 Å². The van der Waals surface area contributed by atoms with Gasteiger partial charge in [0.05, 0.1) is 24.5 Å². The molecule has 1 heterocycles. The fraction of sp³-hybridized carbons (Fsp3) is 0.438. The van der Waals surface area contributed by atoms with Gasteiger partial charge >= 0.3 is 0 Å². The molecule has 0 saturated carbocycles. The van der Waals surface area contributed by atoms with Crippen molar-refractivity contribution in [3.8, 4) is 5.75 Å². The Hall–Kier alpha value is -1.33. The first-order valence-corrected chi connectivity index (χ1v) is 7.90. The van der Waals surface area contributed by atoms with Gasteiger partial charge in [-0.2, -0.15) is 5.10 Å². The molecule has 114 valence electrons. The summed E-state index contributed by atoms with van der Waals surface area (Å²) >= 11 is 3.63. The molecule has 0 aliphatic rings. The Labute approximate surface area is 134 Å². The summed E-state index contributed by atoms with van der Waals surface area (Å²) in [6, 6.07) is 8.44. The molecule has 0 aliphatic heterocycles. The van der Waals surface area contributed by atoms with Crippen LogP contribution in [0.3, 0.4) is 0 Å². The maximum absolute atomic E-state index is 5.33. The molecule has 0 saturated heterocycles. The van der Waals surface area contributed by atoms with E-state index in [0.717, 1.165) is 28.9 Å². The van der Waals surface area contributed by atoms with E-state index in [1.807, 2.05) is 30.8 Å². The largest absolute Gasteiger partial charge is 0.497 e. The molecule has 2 aromatic rings. The van der Waals surface area contributed by atoms with E-state index >= 15 is 0 Å². The highest BCUT2D eigenvalue weighted by Crippen LogP contribution is 2.27. The van der Waals surface area contributed by atoms with Gasteiger partial charge in [-0.3, -0.25) is 4.68 Å². The number of methoxy groups -OCH3 is 1. The van der Waals surface area contributed by atoms with Crippen LogP contribution in [-0.4, -0.2) is 23.4 Å². The average molecular weight is 352 g/mol. The quantitative estimate of drug-likeness (QED) is 0.866. The summed E-state index contributed by atoms with van der Waals surface area (Å²) in [6.45, 7) is 5.06. The monoisotopic (exact) mass is 351 g/mol. The molecule has 21 heavy (non-hydrogen) atoms. The number of nitrogens with zero attached hydrogens (tertiary/aromatic N) is 2. The lowest BCUT2D eigenvalue weighted by molar-refractivity contribution is 0.413. The van der Waals surface area contributed by atoms with E-state index in [4.69, 9.17) is 4.74 Å². The Morgan fingerprint density at radius 3 is 2.71 bits per heavy atom. The number of hydrogen-bond acceptors (Lipinski definition) is 3. The van der Waals surface area contributed by atoms with Gasteiger partial charge in [-0.15, -0.1) is 0 Å². The van der Waals surface area contributed by atoms with Gasteiger partial charge < -0.3 is 10.1 Å². The van der Waals surface area contributed by atoms with Gasteiger partial charge in [0.25, 0.3) is 0 Å². The number of nitrogens with one attached hydrogen (secondary N) is 1. The van der Waals surface area contributed by atoms with Crippen molar-refractivity contribution in [2.75, 3.05) is 13.7 Å². The highest BCUT2D eigenvalue weighted by Gasteiger charge is 2.17. The number of rotatable bonds is 6. The molecule has 0 spiro atoms. The van der Waals surface area contributed by atoms with Crippen LogP contribution in [-0.2, 0) is 13.5 Å². The Morgan fingerprint density at radius 1 is 1.38 bits per heavy atom. The molecule has 0 amide bonds. The topological polar surface area (TPSA) is 39.1 Å². The lowest BCUT2D eigenvalue weighted by atomic mass is 10.0. The Morgan fingerprint density at radius 2 is 2.14 bits per heavy atom. The summed E-state index contributed by atoms with van der Waals surface area (Å²) in [5, 5.41) is 8.00. The molecule has 1 aromatic carbocycles. The number of likely N-dealkylation sites (N-methyl/N-ethyl adjacent to an activating group) is 1. The molecule has 0 fully saturated rings. The third-order valence-electron chi connectivity index (χ3n) is 3.52. The fourth-order valence-corrected chi connectivity index (χ4v) is 2.95. The summed E-state index contributed by atoms with van der Waals surface area (Å²) < 4.78 is 8.38. The smallest absolute Gasteiger partial charge is 0.119 e. The van der Waals surface area contributed by atoms with Crippen molar-refractivity contribution in [1.82, 2.24) is 15.1 Å². The summed E-state index contributed by atoms with van der Waals surface area (Å²) in [6.07, 6.45) is 0.880. The minimum Gasteiger partial charge on any atom is -0.497 e. The van der Waals surface area contributed by atoms with Crippen LogP contribution in [0.4, 0.5) is 0 Å². The van der Waals surface area contributed by atoms with Gasteiger partial charge in [-0.25, -0.2) is 0 Å². The molecular weight excluding hydrogens is 330 g/mol. The first-order valence-electron chi connectivity index (χ1n) is 7.11. The summed E-state index contributed by atoms with van der Waals surface area (Å²) in [5.74, 6) is 0.879. The number of benzene rings is 1. The molecule has 1 atom stereocenters. The second-order valence-electron chi connectivity index (χ2n) is 5.11. The third kappa shape index (κ3) is 3.86. The van der Waals surface area contributed by atoms with Crippen molar-refractivity contribution in [3.05, 3.63) is 45.7 Å². The molecular formula is C16H22BrN3O. The predicted molar refractivity (Wildman–Crippen MR) is 88.8 cm³/mol. The molecule has 2 rings (SSSR count). The summed E-state index contributed by atoms with van der Waals surface area (Å²) in [7, 11) is 3.69. The van der Waals surface area contributed by atoms with E-state index in [1.165, 1.54) is 11.3 Å². The minimum atomic E-state index is 0.226. The van der Waals surface area contributed by atoms with Gasteiger partial charge in [-0.1, -0.05) is 22.9 Å². The van der Waals surface area contributed by atoms with E-state index < -0.39 is 0 Å². The highest BCUT2D eigenvalue weighted by molar-refractivity contribution is 9.10. The van der Waals surface area contributed by atoms with Crippen molar-refractivity contribution in [1.29, 1.82) is 0 Å². The zero-order valence-electron chi connectivity index (χ0n) is 13.0. The molecule has 1 aromatic heterocycles.